The van der Waals surface area contributed by atoms with E-state index in [-0.39, 0.29) is 17.8 Å². The maximum absolute atomic E-state index is 12.9. The lowest BCUT2D eigenvalue weighted by Crippen LogP contribution is -2.18. The standard InChI is InChI=1S/C10H8F4O2/c1-6(15)4-7-2-3-8(11)9(5-7)16-10(12,13)14/h2-3,5H,4H2,1H3. The molecule has 6 heteroatoms. The summed E-state index contributed by atoms with van der Waals surface area (Å²) in [6.45, 7) is 1.29. The van der Waals surface area contributed by atoms with E-state index in [0.717, 1.165) is 12.1 Å². The molecule has 1 aromatic rings. The van der Waals surface area contributed by atoms with Gasteiger partial charge in [0.05, 0.1) is 0 Å². The minimum atomic E-state index is -4.95. The number of rotatable bonds is 3. The summed E-state index contributed by atoms with van der Waals surface area (Å²) in [5.74, 6) is -2.28. The fraction of sp³-hybridized carbons (Fsp3) is 0.300. The molecule has 0 amide bonds. The van der Waals surface area contributed by atoms with E-state index >= 15 is 0 Å². The maximum atomic E-state index is 12.9. The molecule has 16 heavy (non-hydrogen) atoms. The van der Waals surface area contributed by atoms with Crippen LogP contribution in [0.1, 0.15) is 12.5 Å². The van der Waals surface area contributed by atoms with Crippen molar-refractivity contribution in [2.45, 2.75) is 19.7 Å². The second kappa shape index (κ2) is 4.51. The zero-order valence-corrected chi connectivity index (χ0v) is 8.27. The Balaban J connectivity index is 2.95. The molecule has 88 valence electrons. The van der Waals surface area contributed by atoms with E-state index in [1.165, 1.54) is 13.0 Å². The Kier molecular flexibility index (Phi) is 3.51. The molecular formula is C10H8F4O2. The van der Waals surface area contributed by atoms with E-state index in [0.29, 0.717) is 0 Å². The van der Waals surface area contributed by atoms with Crippen LogP contribution in [0.4, 0.5) is 17.6 Å². The highest BCUT2D eigenvalue weighted by molar-refractivity contribution is 5.78. The summed E-state index contributed by atoms with van der Waals surface area (Å²) in [5.41, 5.74) is 0.271. The van der Waals surface area contributed by atoms with E-state index < -0.39 is 17.9 Å². The van der Waals surface area contributed by atoms with E-state index in [1.54, 1.807) is 0 Å². The molecule has 2 nitrogen and oxygen atoms in total. The third kappa shape index (κ3) is 3.88. The Hall–Kier alpha value is -1.59. The quantitative estimate of drug-likeness (QED) is 0.754. The van der Waals surface area contributed by atoms with Crippen molar-refractivity contribution in [3.8, 4) is 5.75 Å². The van der Waals surface area contributed by atoms with Gasteiger partial charge >= 0.3 is 6.36 Å². The molecule has 0 fully saturated rings. The third-order valence-electron chi connectivity index (χ3n) is 1.67. The number of carbonyl (C=O) groups excluding carboxylic acids is 1. The minimum absolute atomic E-state index is 0.0610. The first-order valence-electron chi connectivity index (χ1n) is 4.31. The van der Waals surface area contributed by atoms with Crippen molar-refractivity contribution in [2.75, 3.05) is 0 Å². The average molecular weight is 236 g/mol. The van der Waals surface area contributed by atoms with Gasteiger partial charge in [0, 0.05) is 6.42 Å². The van der Waals surface area contributed by atoms with Crippen molar-refractivity contribution in [1.29, 1.82) is 0 Å². The zero-order chi connectivity index (χ0) is 12.3. The maximum Gasteiger partial charge on any atom is 0.573 e. The normalized spacial score (nSPS) is 11.3. The van der Waals surface area contributed by atoms with Gasteiger partial charge in [0.2, 0.25) is 0 Å². The molecule has 0 spiro atoms. The molecule has 0 saturated heterocycles. The fourth-order valence-corrected chi connectivity index (χ4v) is 1.15. The van der Waals surface area contributed by atoms with Gasteiger partial charge in [-0.25, -0.2) is 4.39 Å². The summed E-state index contributed by atoms with van der Waals surface area (Å²) < 4.78 is 52.0. The second-order valence-corrected chi connectivity index (χ2v) is 3.19. The van der Waals surface area contributed by atoms with Crippen LogP contribution in [-0.4, -0.2) is 12.1 Å². The Labute approximate surface area is 88.8 Å². The van der Waals surface area contributed by atoms with Crippen LogP contribution in [0.25, 0.3) is 0 Å². The van der Waals surface area contributed by atoms with Crippen molar-refractivity contribution >= 4 is 5.78 Å². The van der Waals surface area contributed by atoms with Gasteiger partial charge in [0.1, 0.15) is 5.78 Å². The molecule has 0 unspecified atom stereocenters. The predicted octanol–water partition coefficient (Wildman–Crippen LogP) is 2.86. The van der Waals surface area contributed by atoms with Crippen LogP contribution < -0.4 is 4.74 Å². The third-order valence-corrected chi connectivity index (χ3v) is 1.67. The Morgan fingerprint density at radius 2 is 2.00 bits per heavy atom. The number of halogens is 4. The van der Waals surface area contributed by atoms with Crippen LogP contribution in [0.2, 0.25) is 0 Å². The molecule has 0 heterocycles. The van der Waals surface area contributed by atoms with Crippen molar-refractivity contribution in [1.82, 2.24) is 0 Å². The van der Waals surface area contributed by atoms with Crippen LogP contribution in [0.15, 0.2) is 18.2 Å². The highest BCUT2D eigenvalue weighted by atomic mass is 19.4. The minimum Gasteiger partial charge on any atom is -0.403 e. The van der Waals surface area contributed by atoms with Crippen molar-refractivity contribution in [2.24, 2.45) is 0 Å². The molecule has 1 aromatic carbocycles. The van der Waals surface area contributed by atoms with Crippen molar-refractivity contribution in [3.63, 3.8) is 0 Å². The van der Waals surface area contributed by atoms with Crippen molar-refractivity contribution in [3.05, 3.63) is 29.6 Å². The Morgan fingerprint density at radius 3 is 2.50 bits per heavy atom. The van der Waals surface area contributed by atoms with E-state index in [4.69, 9.17) is 0 Å². The van der Waals surface area contributed by atoms with E-state index in [9.17, 15) is 22.4 Å². The van der Waals surface area contributed by atoms with Crippen LogP contribution in [0.5, 0.6) is 5.75 Å². The number of carbonyl (C=O) groups is 1. The number of alkyl halides is 3. The topological polar surface area (TPSA) is 26.3 Å². The number of hydrogen-bond donors (Lipinski definition) is 0. The average Bonchev–Trinajstić information content (AvgIpc) is 2.07. The number of hydrogen-bond acceptors (Lipinski definition) is 2. The smallest absolute Gasteiger partial charge is 0.403 e. The molecule has 0 aliphatic rings. The van der Waals surface area contributed by atoms with Crippen LogP contribution in [0.3, 0.4) is 0 Å². The molecule has 0 saturated carbocycles. The van der Waals surface area contributed by atoms with Gasteiger partial charge in [0.25, 0.3) is 0 Å². The highest BCUT2D eigenvalue weighted by Crippen LogP contribution is 2.26. The molecule has 0 N–H and O–H groups in total. The lowest BCUT2D eigenvalue weighted by Gasteiger charge is -2.10. The zero-order valence-electron chi connectivity index (χ0n) is 8.27. The summed E-state index contributed by atoms with van der Waals surface area (Å²) in [4.78, 5) is 10.7. The van der Waals surface area contributed by atoms with Crippen LogP contribution in [-0.2, 0) is 11.2 Å². The van der Waals surface area contributed by atoms with Gasteiger partial charge in [-0.2, -0.15) is 0 Å². The Morgan fingerprint density at radius 1 is 1.38 bits per heavy atom. The molecule has 0 aliphatic heterocycles. The molecule has 0 radical (unpaired) electrons. The van der Waals surface area contributed by atoms with Gasteiger partial charge in [-0.3, -0.25) is 4.79 Å². The van der Waals surface area contributed by atoms with Crippen LogP contribution in [0, 0.1) is 5.82 Å². The second-order valence-electron chi connectivity index (χ2n) is 3.19. The summed E-state index contributed by atoms with van der Waals surface area (Å²) in [5, 5.41) is 0. The van der Waals surface area contributed by atoms with Crippen molar-refractivity contribution < 1.29 is 27.1 Å². The summed E-state index contributed by atoms with van der Waals surface area (Å²) in [6, 6.07) is 2.93. The molecule has 0 bridgehead atoms. The number of ether oxygens (including phenoxy) is 1. The van der Waals surface area contributed by atoms with Gasteiger partial charge in [-0.1, -0.05) is 6.07 Å². The highest BCUT2D eigenvalue weighted by Gasteiger charge is 2.32. The molecule has 1 rings (SSSR count). The summed E-state index contributed by atoms with van der Waals surface area (Å²) in [6.07, 6.45) is -5.01. The largest absolute Gasteiger partial charge is 0.573 e. The monoisotopic (exact) mass is 236 g/mol. The van der Waals surface area contributed by atoms with E-state index in [1.807, 2.05) is 0 Å². The number of ketones is 1. The Bertz CT molecular complexity index is 398. The first-order chi connectivity index (χ1) is 7.28. The summed E-state index contributed by atoms with van der Waals surface area (Å²) in [7, 11) is 0. The SMILES string of the molecule is CC(=O)Cc1ccc(F)c(OC(F)(F)F)c1. The lowest BCUT2D eigenvalue weighted by atomic mass is 10.1. The molecular weight excluding hydrogens is 228 g/mol. The van der Waals surface area contributed by atoms with E-state index in [2.05, 4.69) is 4.74 Å². The van der Waals surface area contributed by atoms with Gasteiger partial charge in [-0.05, 0) is 24.6 Å². The van der Waals surface area contributed by atoms with Gasteiger partial charge < -0.3 is 4.74 Å². The lowest BCUT2D eigenvalue weighted by molar-refractivity contribution is -0.275. The fourth-order valence-electron chi connectivity index (χ4n) is 1.15. The first-order valence-corrected chi connectivity index (χ1v) is 4.31. The van der Waals surface area contributed by atoms with Crippen LogP contribution >= 0.6 is 0 Å². The summed E-state index contributed by atoms with van der Waals surface area (Å²) >= 11 is 0. The number of benzene rings is 1. The van der Waals surface area contributed by atoms with Gasteiger partial charge in [-0.15, -0.1) is 13.2 Å². The first kappa shape index (κ1) is 12.5. The number of Topliss-reactive ketones (excluding diaryl/α,β-unsaturated/α-hetero) is 1. The van der Waals surface area contributed by atoms with Gasteiger partial charge in [0.15, 0.2) is 11.6 Å². The molecule has 0 atom stereocenters. The molecule has 0 aromatic heterocycles. The predicted molar refractivity (Wildman–Crippen MR) is 47.5 cm³/mol. The molecule has 0 aliphatic carbocycles.